The molecule has 2 aliphatic rings. The van der Waals surface area contributed by atoms with Gasteiger partial charge in [0.25, 0.3) is 11.8 Å². The smallest absolute Gasteiger partial charge is 0.306 e. The highest BCUT2D eigenvalue weighted by atomic mass is 16.5. The van der Waals surface area contributed by atoms with E-state index in [0.29, 0.717) is 41.2 Å². The maximum absolute atomic E-state index is 13.0. The molecule has 3 aromatic rings. The summed E-state index contributed by atoms with van der Waals surface area (Å²) in [6.07, 6.45) is 6.42. The Hall–Kier alpha value is -4.15. The Labute approximate surface area is 207 Å². The quantitative estimate of drug-likeness (QED) is 0.393. The summed E-state index contributed by atoms with van der Waals surface area (Å²) in [6.45, 7) is 0.962. The zero-order chi connectivity index (χ0) is 25.2. The number of hydrogen-bond donors (Lipinski definition) is 4. The standard InChI is InChI=1S/C25H28N6O5/c1-31-11-18(26-9-14-2-5-16(6-3-14)25(34)35)21-23(31)22(29-13-28-21)24(33)27-10-15-4-7-19-17(8-15)30-20(32)12-36-19/h4,7-8,11,13-14,16,26H,2-3,5-6,9-10,12H2,1H3,(H,27,33)(H,30,32)(H,34,35). The summed E-state index contributed by atoms with van der Waals surface area (Å²) in [7, 11) is 1.85. The molecule has 188 valence electrons. The molecule has 1 aromatic carbocycles. The molecule has 0 spiro atoms. The third kappa shape index (κ3) is 4.81. The van der Waals surface area contributed by atoms with Crippen LogP contribution < -0.4 is 20.7 Å². The van der Waals surface area contributed by atoms with Crippen LogP contribution in [-0.2, 0) is 23.2 Å². The van der Waals surface area contributed by atoms with Crippen molar-refractivity contribution in [3.05, 3.63) is 42.0 Å². The Morgan fingerprint density at radius 3 is 2.81 bits per heavy atom. The highest BCUT2D eigenvalue weighted by molar-refractivity contribution is 6.06. The number of carboxylic acid groups (broad SMARTS) is 1. The molecule has 1 fully saturated rings. The van der Waals surface area contributed by atoms with Gasteiger partial charge in [-0.25, -0.2) is 9.97 Å². The van der Waals surface area contributed by atoms with Crippen LogP contribution in [0.2, 0.25) is 0 Å². The van der Waals surface area contributed by atoms with E-state index in [4.69, 9.17) is 4.74 Å². The predicted octanol–water partition coefficient (Wildman–Crippen LogP) is 2.53. The van der Waals surface area contributed by atoms with Crippen molar-refractivity contribution in [3.63, 3.8) is 0 Å². The fraction of sp³-hybridized carbons (Fsp3) is 0.400. The lowest BCUT2D eigenvalue weighted by molar-refractivity contribution is -0.143. The number of amides is 2. The monoisotopic (exact) mass is 492 g/mol. The van der Waals surface area contributed by atoms with E-state index in [2.05, 4.69) is 25.9 Å². The Kier molecular flexibility index (Phi) is 6.45. The summed E-state index contributed by atoms with van der Waals surface area (Å²) in [4.78, 5) is 44.5. The second kappa shape index (κ2) is 9.84. The van der Waals surface area contributed by atoms with Crippen LogP contribution in [0.4, 0.5) is 11.4 Å². The molecule has 36 heavy (non-hydrogen) atoms. The van der Waals surface area contributed by atoms with Gasteiger partial charge in [0.2, 0.25) is 0 Å². The molecule has 0 radical (unpaired) electrons. The molecule has 0 saturated heterocycles. The molecule has 4 N–H and O–H groups in total. The number of hydrogen-bond acceptors (Lipinski definition) is 7. The molecule has 0 unspecified atom stereocenters. The van der Waals surface area contributed by atoms with E-state index < -0.39 is 5.97 Å². The summed E-state index contributed by atoms with van der Waals surface area (Å²) in [6, 6.07) is 5.37. The van der Waals surface area contributed by atoms with Crippen LogP contribution in [0.15, 0.2) is 30.7 Å². The van der Waals surface area contributed by atoms with Crippen molar-refractivity contribution >= 4 is 40.2 Å². The van der Waals surface area contributed by atoms with E-state index in [1.807, 2.05) is 23.9 Å². The van der Waals surface area contributed by atoms with Gasteiger partial charge in [0, 0.05) is 26.3 Å². The van der Waals surface area contributed by atoms with Crippen molar-refractivity contribution in [2.75, 3.05) is 23.8 Å². The van der Waals surface area contributed by atoms with E-state index in [1.54, 1.807) is 12.1 Å². The van der Waals surface area contributed by atoms with Crippen LogP contribution in [-0.4, -0.2) is 50.6 Å². The minimum absolute atomic E-state index is 0.00779. The largest absolute Gasteiger partial charge is 0.482 e. The van der Waals surface area contributed by atoms with Crippen LogP contribution in [0.1, 0.15) is 41.7 Å². The van der Waals surface area contributed by atoms with Gasteiger partial charge in [0.1, 0.15) is 23.1 Å². The van der Waals surface area contributed by atoms with E-state index in [9.17, 15) is 19.5 Å². The van der Waals surface area contributed by atoms with Gasteiger partial charge in [-0.15, -0.1) is 0 Å². The molecule has 1 saturated carbocycles. The summed E-state index contributed by atoms with van der Waals surface area (Å²) in [5.41, 5.74) is 3.76. The summed E-state index contributed by atoms with van der Waals surface area (Å²) in [5.74, 6) is -0.493. The number of ether oxygens (including phenoxy) is 1. The van der Waals surface area contributed by atoms with E-state index in [-0.39, 0.29) is 36.6 Å². The molecule has 0 atom stereocenters. The highest BCUT2D eigenvalue weighted by Crippen LogP contribution is 2.31. The number of rotatable bonds is 7. The number of fused-ring (bicyclic) bond motifs is 2. The Bertz CT molecular complexity index is 1330. The SMILES string of the molecule is Cn1cc(NCC2CCC(C(=O)O)CC2)c2ncnc(C(=O)NCc3ccc4c(c3)NC(=O)CO4)c21. The third-order valence-electron chi connectivity index (χ3n) is 6.88. The minimum Gasteiger partial charge on any atom is -0.482 e. The molecule has 2 amide bonds. The van der Waals surface area contributed by atoms with Crippen LogP contribution >= 0.6 is 0 Å². The number of aliphatic carboxylic acids is 1. The topological polar surface area (TPSA) is 147 Å². The molecule has 3 heterocycles. The fourth-order valence-corrected chi connectivity index (χ4v) is 4.90. The molecule has 11 nitrogen and oxygen atoms in total. The molecular weight excluding hydrogens is 464 g/mol. The van der Waals surface area contributed by atoms with E-state index in [1.165, 1.54) is 6.33 Å². The van der Waals surface area contributed by atoms with Crippen molar-refractivity contribution in [2.45, 2.75) is 32.2 Å². The van der Waals surface area contributed by atoms with Crippen molar-refractivity contribution in [2.24, 2.45) is 18.9 Å². The van der Waals surface area contributed by atoms with E-state index >= 15 is 0 Å². The number of anilines is 2. The van der Waals surface area contributed by atoms with Gasteiger partial charge in [-0.3, -0.25) is 14.4 Å². The summed E-state index contributed by atoms with van der Waals surface area (Å²) in [5, 5.41) is 18.3. The number of nitrogens with one attached hydrogen (secondary N) is 3. The fourth-order valence-electron chi connectivity index (χ4n) is 4.90. The maximum atomic E-state index is 13.0. The Balaban J connectivity index is 1.25. The van der Waals surface area contributed by atoms with Gasteiger partial charge in [-0.05, 0) is 49.3 Å². The number of aryl methyl sites for hydroxylation is 1. The van der Waals surface area contributed by atoms with Gasteiger partial charge in [-0.1, -0.05) is 6.07 Å². The minimum atomic E-state index is -0.703. The van der Waals surface area contributed by atoms with Gasteiger partial charge >= 0.3 is 5.97 Å². The zero-order valence-corrected chi connectivity index (χ0v) is 19.9. The maximum Gasteiger partial charge on any atom is 0.306 e. The van der Waals surface area contributed by atoms with Crippen LogP contribution in [0, 0.1) is 11.8 Å². The highest BCUT2D eigenvalue weighted by Gasteiger charge is 2.26. The first-order valence-electron chi connectivity index (χ1n) is 12.0. The number of aromatic nitrogens is 3. The molecule has 5 rings (SSSR count). The average Bonchev–Trinajstić information content (AvgIpc) is 3.21. The van der Waals surface area contributed by atoms with Gasteiger partial charge in [0.05, 0.1) is 17.3 Å². The van der Waals surface area contributed by atoms with Crippen molar-refractivity contribution in [1.29, 1.82) is 0 Å². The van der Waals surface area contributed by atoms with Crippen LogP contribution in [0.3, 0.4) is 0 Å². The van der Waals surface area contributed by atoms with E-state index in [0.717, 1.165) is 30.6 Å². The third-order valence-corrected chi connectivity index (χ3v) is 6.88. The summed E-state index contributed by atoms with van der Waals surface area (Å²) >= 11 is 0. The van der Waals surface area contributed by atoms with Gasteiger partial charge < -0.3 is 30.4 Å². The molecule has 1 aliphatic heterocycles. The van der Waals surface area contributed by atoms with Crippen molar-refractivity contribution < 1.29 is 24.2 Å². The van der Waals surface area contributed by atoms with Crippen LogP contribution in [0.5, 0.6) is 5.75 Å². The number of carbonyl (C=O) groups excluding carboxylic acids is 2. The lowest BCUT2D eigenvalue weighted by Gasteiger charge is -2.26. The molecule has 11 heteroatoms. The lowest BCUT2D eigenvalue weighted by Crippen LogP contribution is -2.26. The second-order valence-electron chi connectivity index (χ2n) is 9.36. The van der Waals surface area contributed by atoms with Gasteiger partial charge in [0.15, 0.2) is 12.3 Å². The average molecular weight is 493 g/mol. The van der Waals surface area contributed by atoms with Gasteiger partial charge in [-0.2, -0.15) is 0 Å². The number of carbonyl (C=O) groups is 3. The molecule has 0 bridgehead atoms. The number of nitrogens with zero attached hydrogens (tertiary/aromatic N) is 3. The lowest BCUT2D eigenvalue weighted by atomic mass is 9.82. The molecular formula is C25H28N6O5. The predicted molar refractivity (Wildman–Crippen MR) is 132 cm³/mol. The first-order valence-corrected chi connectivity index (χ1v) is 12.0. The van der Waals surface area contributed by atoms with Crippen LogP contribution in [0.25, 0.3) is 11.0 Å². The number of carboxylic acids is 1. The normalized spacial score (nSPS) is 19.2. The Morgan fingerprint density at radius 2 is 2.03 bits per heavy atom. The summed E-state index contributed by atoms with van der Waals surface area (Å²) < 4.78 is 7.21. The Morgan fingerprint density at radius 1 is 1.22 bits per heavy atom. The number of benzene rings is 1. The molecule has 2 aromatic heterocycles. The first kappa shape index (κ1) is 23.6. The zero-order valence-electron chi connectivity index (χ0n) is 19.9. The second-order valence-corrected chi connectivity index (χ2v) is 9.36. The molecule has 1 aliphatic carbocycles. The first-order chi connectivity index (χ1) is 17.4. The van der Waals surface area contributed by atoms with Crippen molar-refractivity contribution in [1.82, 2.24) is 19.9 Å². The van der Waals surface area contributed by atoms with Crippen molar-refractivity contribution in [3.8, 4) is 5.75 Å².